The van der Waals surface area contributed by atoms with Gasteiger partial charge < -0.3 is 10.6 Å². The van der Waals surface area contributed by atoms with E-state index in [1.165, 1.54) is 31.7 Å². The summed E-state index contributed by atoms with van der Waals surface area (Å²) in [5.74, 6) is 0. The molecule has 0 aromatic heterocycles. The maximum absolute atomic E-state index is 5.65. The normalized spacial score (nSPS) is 18.9. The summed E-state index contributed by atoms with van der Waals surface area (Å²) >= 11 is 0. The average Bonchev–Trinajstić information content (AvgIpc) is 2.34. The Balaban J connectivity index is 1.79. The van der Waals surface area contributed by atoms with Crippen molar-refractivity contribution in [2.24, 2.45) is 0 Å². The standard InChI is InChI=1S/C14H21N3/c1-16-9-11-17(12-10-16)8-2-3-13-4-6-14(15)7-5-13/h2-7H,8-12,15H2,1H3/b3-2+. The summed E-state index contributed by atoms with van der Waals surface area (Å²) in [4.78, 5) is 4.86. The maximum atomic E-state index is 5.65. The van der Waals surface area contributed by atoms with Crippen molar-refractivity contribution in [3.63, 3.8) is 0 Å². The topological polar surface area (TPSA) is 32.5 Å². The van der Waals surface area contributed by atoms with Crippen LogP contribution in [0.3, 0.4) is 0 Å². The molecule has 2 N–H and O–H groups in total. The number of piperazine rings is 1. The molecule has 0 saturated carbocycles. The van der Waals surface area contributed by atoms with Crippen molar-refractivity contribution in [1.29, 1.82) is 0 Å². The molecule has 3 nitrogen and oxygen atoms in total. The number of likely N-dealkylation sites (N-methyl/N-ethyl adjacent to an activating group) is 1. The maximum Gasteiger partial charge on any atom is 0.0314 e. The van der Waals surface area contributed by atoms with Gasteiger partial charge in [-0.2, -0.15) is 0 Å². The van der Waals surface area contributed by atoms with Crippen molar-refractivity contribution in [2.45, 2.75) is 0 Å². The van der Waals surface area contributed by atoms with Gasteiger partial charge in [-0.15, -0.1) is 0 Å². The van der Waals surface area contributed by atoms with Crippen molar-refractivity contribution in [3.05, 3.63) is 35.9 Å². The van der Waals surface area contributed by atoms with E-state index < -0.39 is 0 Å². The van der Waals surface area contributed by atoms with Crippen LogP contribution in [0.1, 0.15) is 5.56 Å². The van der Waals surface area contributed by atoms with Gasteiger partial charge in [-0.05, 0) is 24.7 Å². The van der Waals surface area contributed by atoms with Crippen LogP contribution in [-0.4, -0.2) is 49.6 Å². The van der Waals surface area contributed by atoms with E-state index in [1.807, 2.05) is 12.1 Å². The Kier molecular flexibility index (Phi) is 4.18. The summed E-state index contributed by atoms with van der Waals surface area (Å²) in [6, 6.07) is 7.98. The van der Waals surface area contributed by atoms with E-state index in [4.69, 9.17) is 5.73 Å². The van der Waals surface area contributed by atoms with E-state index in [0.717, 1.165) is 12.2 Å². The molecule has 2 rings (SSSR count). The molecule has 1 heterocycles. The number of nitrogens with zero attached hydrogens (tertiary/aromatic N) is 2. The molecule has 0 radical (unpaired) electrons. The van der Waals surface area contributed by atoms with Crippen molar-refractivity contribution in [2.75, 3.05) is 45.5 Å². The van der Waals surface area contributed by atoms with Gasteiger partial charge in [0.25, 0.3) is 0 Å². The summed E-state index contributed by atoms with van der Waals surface area (Å²) in [5.41, 5.74) is 7.68. The molecule has 17 heavy (non-hydrogen) atoms. The first-order valence-electron chi connectivity index (χ1n) is 6.17. The SMILES string of the molecule is CN1CCN(C/C=C/c2ccc(N)cc2)CC1. The molecule has 3 heteroatoms. The molecule has 92 valence electrons. The van der Waals surface area contributed by atoms with Gasteiger partial charge >= 0.3 is 0 Å². The molecule has 0 bridgehead atoms. The molecule has 1 saturated heterocycles. The molecule has 1 aromatic carbocycles. The van der Waals surface area contributed by atoms with Gasteiger partial charge in [-0.25, -0.2) is 0 Å². The lowest BCUT2D eigenvalue weighted by Gasteiger charge is -2.31. The van der Waals surface area contributed by atoms with Gasteiger partial charge in [0, 0.05) is 38.4 Å². The first-order chi connectivity index (χ1) is 8.24. The second-order valence-corrected chi connectivity index (χ2v) is 4.67. The minimum Gasteiger partial charge on any atom is -0.399 e. The van der Waals surface area contributed by atoms with Crippen molar-refractivity contribution in [3.8, 4) is 0 Å². The number of hydrogen-bond acceptors (Lipinski definition) is 3. The molecule has 0 atom stereocenters. The molecule has 1 fully saturated rings. The highest BCUT2D eigenvalue weighted by Gasteiger charge is 2.11. The van der Waals surface area contributed by atoms with Crippen molar-refractivity contribution < 1.29 is 0 Å². The van der Waals surface area contributed by atoms with Crippen LogP contribution in [0.15, 0.2) is 30.3 Å². The largest absolute Gasteiger partial charge is 0.399 e. The average molecular weight is 231 g/mol. The number of nitrogens with two attached hydrogens (primary N) is 1. The Morgan fingerprint density at radius 3 is 2.41 bits per heavy atom. The predicted octanol–water partition coefficient (Wildman–Crippen LogP) is 1.53. The van der Waals surface area contributed by atoms with Crippen LogP contribution in [0.2, 0.25) is 0 Å². The molecule has 0 aliphatic carbocycles. The van der Waals surface area contributed by atoms with Gasteiger partial charge in [0.05, 0.1) is 0 Å². The molecule has 0 amide bonds. The van der Waals surface area contributed by atoms with Crippen molar-refractivity contribution in [1.82, 2.24) is 9.80 Å². The molecule has 0 spiro atoms. The Hall–Kier alpha value is -1.32. The van der Waals surface area contributed by atoms with Crippen LogP contribution in [0.4, 0.5) is 5.69 Å². The van der Waals surface area contributed by atoms with E-state index in [2.05, 4.69) is 41.1 Å². The van der Waals surface area contributed by atoms with Crippen LogP contribution >= 0.6 is 0 Å². The molecular formula is C14H21N3. The summed E-state index contributed by atoms with van der Waals surface area (Å²) < 4.78 is 0. The highest BCUT2D eigenvalue weighted by molar-refractivity contribution is 5.53. The fourth-order valence-electron chi connectivity index (χ4n) is 1.98. The monoisotopic (exact) mass is 231 g/mol. The Labute approximate surface area is 104 Å². The second kappa shape index (κ2) is 5.84. The first-order valence-corrected chi connectivity index (χ1v) is 6.17. The molecular weight excluding hydrogens is 210 g/mol. The lowest BCUT2D eigenvalue weighted by Crippen LogP contribution is -2.44. The minimum absolute atomic E-state index is 0.821. The van der Waals surface area contributed by atoms with E-state index in [9.17, 15) is 0 Å². The zero-order valence-electron chi connectivity index (χ0n) is 10.5. The molecule has 1 aliphatic rings. The van der Waals surface area contributed by atoms with E-state index >= 15 is 0 Å². The minimum atomic E-state index is 0.821. The third-order valence-electron chi connectivity index (χ3n) is 3.21. The third-order valence-corrected chi connectivity index (χ3v) is 3.21. The number of anilines is 1. The van der Waals surface area contributed by atoms with Gasteiger partial charge in [0.1, 0.15) is 0 Å². The van der Waals surface area contributed by atoms with Crippen LogP contribution in [0.5, 0.6) is 0 Å². The zero-order valence-corrected chi connectivity index (χ0v) is 10.5. The quantitative estimate of drug-likeness (QED) is 0.801. The smallest absolute Gasteiger partial charge is 0.0314 e. The van der Waals surface area contributed by atoms with Gasteiger partial charge in [-0.1, -0.05) is 24.3 Å². The number of hydrogen-bond donors (Lipinski definition) is 1. The fraction of sp³-hybridized carbons (Fsp3) is 0.429. The van der Waals surface area contributed by atoms with Crippen LogP contribution in [0, 0.1) is 0 Å². The molecule has 1 aliphatic heterocycles. The van der Waals surface area contributed by atoms with E-state index in [0.29, 0.717) is 0 Å². The van der Waals surface area contributed by atoms with Gasteiger partial charge in [-0.3, -0.25) is 4.90 Å². The highest BCUT2D eigenvalue weighted by Crippen LogP contribution is 2.07. The lowest BCUT2D eigenvalue weighted by molar-refractivity contribution is 0.167. The summed E-state index contributed by atoms with van der Waals surface area (Å²) in [7, 11) is 2.18. The van der Waals surface area contributed by atoms with E-state index in [1.54, 1.807) is 0 Å². The van der Waals surface area contributed by atoms with Crippen molar-refractivity contribution >= 4 is 11.8 Å². The summed E-state index contributed by atoms with van der Waals surface area (Å²) in [6.45, 7) is 5.73. The lowest BCUT2D eigenvalue weighted by atomic mass is 10.2. The van der Waals surface area contributed by atoms with Crippen LogP contribution in [-0.2, 0) is 0 Å². The number of benzene rings is 1. The zero-order chi connectivity index (χ0) is 12.1. The first kappa shape index (κ1) is 12.1. The number of nitrogen functional groups attached to an aromatic ring is 1. The fourth-order valence-corrected chi connectivity index (χ4v) is 1.98. The summed E-state index contributed by atoms with van der Waals surface area (Å²) in [5, 5.41) is 0. The second-order valence-electron chi connectivity index (χ2n) is 4.67. The van der Waals surface area contributed by atoms with Gasteiger partial charge in [0.15, 0.2) is 0 Å². The Morgan fingerprint density at radius 2 is 1.76 bits per heavy atom. The summed E-state index contributed by atoms with van der Waals surface area (Å²) in [6.07, 6.45) is 4.40. The Morgan fingerprint density at radius 1 is 1.12 bits per heavy atom. The third kappa shape index (κ3) is 3.88. The van der Waals surface area contributed by atoms with Crippen LogP contribution < -0.4 is 5.73 Å². The molecule has 0 unspecified atom stereocenters. The number of rotatable bonds is 3. The molecule has 1 aromatic rings. The predicted molar refractivity (Wildman–Crippen MR) is 73.8 cm³/mol. The Bertz CT molecular complexity index is 362. The van der Waals surface area contributed by atoms with E-state index in [-0.39, 0.29) is 0 Å². The van der Waals surface area contributed by atoms with Crippen LogP contribution in [0.25, 0.3) is 6.08 Å². The highest BCUT2D eigenvalue weighted by atomic mass is 15.2. The van der Waals surface area contributed by atoms with Gasteiger partial charge in [0.2, 0.25) is 0 Å².